The van der Waals surface area contributed by atoms with Crippen LogP contribution in [0.1, 0.15) is 6.92 Å². The number of ether oxygens (including phenoxy) is 1. The van der Waals surface area contributed by atoms with Gasteiger partial charge in [0, 0.05) is 6.26 Å². The van der Waals surface area contributed by atoms with E-state index in [1.807, 2.05) is 6.92 Å². The van der Waals surface area contributed by atoms with E-state index in [0.717, 1.165) is 6.26 Å². The van der Waals surface area contributed by atoms with E-state index in [9.17, 15) is 8.42 Å². The van der Waals surface area contributed by atoms with E-state index in [-0.39, 0.29) is 10.6 Å². The van der Waals surface area contributed by atoms with Crippen molar-refractivity contribution in [3.63, 3.8) is 0 Å². The Morgan fingerprint density at radius 2 is 2.07 bits per heavy atom. The Balaban J connectivity index is 3.28. The molecule has 0 radical (unpaired) electrons. The van der Waals surface area contributed by atoms with Gasteiger partial charge in [-0.3, -0.25) is 0 Å². The lowest BCUT2D eigenvalue weighted by molar-refractivity contribution is 0.341. The van der Waals surface area contributed by atoms with Gasteiger partial charge in [-0.15, -0.1) is 0 Å². The number of rotatable bonds is 3. The lowest BCUT2D eigenvalue weighted by atomic mass is 10.3. The van der Waals surface area contributed by atoms with Gasteiger partial charge in [0.1, 0.15) is 5.75 Å². The first-order chi connectivity index (χ1) is 6.46. The summed E-state index contributed by atoms with van der Waals surface area (Å²) in [5.74, 6) is 0.412. The molecule has 1 aromatic rings. The Morgan fingerprint density at radius 3 is 2.57 bits per heavy atom. The third-order valence-electron chi connectivity index (χ3n) is 1.73. The van der Waals surface area contributed by atoms with Crippen LogP contribution in [0.2, 0.25) is 0 Å². The Hall–Kier alpha value is -1.23. The number of benzene rings is 1. The highest BCUT2D eigenvalue weighted by Crippen LogP contribution is 2.28. The third kappa shape index (κ3) is 2.17. The van der Waals surface area contributed by atoms with Gasteiger partial charge in [0.05, 0.1) is 17.2 Å². The molecule has 0 fully saturated rings. The Labute approximate surface area is 83.6 Å². The summed E-state index contributed by atoms with van der Waals surface area (Å²) in [6.07, 6.45) is 1.12. The molecule has 0 amide bonds. The summed E-state index contributed by atoms with van der Waals surface area (Å²) in [4.78, 5) is 0.114. The molecule has 0 saturated carbocycles. The lowest BCUT2D eigenvalue weighted by Gasteiger charge is -2.09. The van der Waals surface area contributed by atoms with E-state index in [2.05, 4.69) is 0 Å². The molecule has 0 bridgehead atoms. The zero-order valence-corrected chi connectivity index (χ0v) is 8.97. The maximum absolute atomic E-state index is 11.3. The van der Waals surface area contributed by atoms with Crippen LogP contribution in [0.3, 0.4) is 0 Å². The van der Waals surface area contributed by atoms with Crippen LogP contribution in [0.25, 0.3) is 0 Å². The van der Waals surface area contributed by atoms with Crippen LogP contribution in [-0.2, 0) is 9.84 Å². The van der Waals surface area contributed by atoms with Gasteiger partial charge < -0.3 is 10.5 Å². The summed E-state index contributed by atoms with van der Waals surface area (Å²) in [5.41, 5.74) is 5.83. The lowest BCUT2D eigenvalue weighted by Crippen LogP contribution is -2.05. The van der Waals surface area contributed by atoms with E-state index in [1.165, 1.54) is 6.07 Å². The molecule has 2 N–H and O–H groups in total. The molecule has 0 saturated heterocycles. The largest absolute Gasteiger partial charge is 0.492 e. The number of hydrogen-bond donors (Lipinski definition) is 1. The first-order valence-electron chi connectivity index (χ1n) is 4.18. The van der Waals surface area contributed by atoms with Gasteiger partial charge in [0.2, 0.25) is 0 Å². The van der Waals surface area contributed by atoms with Crippen molar-refractivity contribution in [2.45, 2.75) is 11.8 Å². The van der Waals surface area contributed by atoms with Crippen molar-refractivity contribution in [1.82, 2.24) is 0 Å². The molecule has 5 heteroatoms. The highest BCUT2D eigenvalue weighted by Gasteiger charge is 2.14. The van der Waals surface area contributed by atoms with Crippen molar-refractivity contribution in [1.29, 1.82) is 0 Å². The monoisotopic (exact) mass is 215 g/mol. The van der Waals surface area contributed by atoms with Crippen molar-refractivity contribution in [2.24, 2.45) is 0 Å². The van der Waals surface area contributed by atoms with Gasteiger partial charge in [-0.1, -0.05) is 6.07 Å². The SMILES string of the molecule is CCOc1cccc(S(C)(=O)=O)c1N. The molecule has 0 heterocycles. The maximum Gasteiger partial charge on any atom is 0.177 e. The first-order valence-corrected chi connectivity index (χ1v) is 6.07. The first kappa shape index (κ1) is 10.8. The van der Waals surface area contributed by atoms with Crippen LogP contribution in [0.5, 0.6) is 5.75 Å². The molecule has 1 rings (SSSR count). The molecule has 1 aromatic carbocycles. The second-order valence-corrected chi connectivity index (χ2v) is 4.86. The summed E-state index contributed by atoms with van der Waals surface area (Å²) >= 11 is 0. The summed E-state index contributed by atoms with van der Waals surface area (Å²) in [5, 5.41) is 0. The molecular formula is C9H13NO3S. The van der Waals surface area contributed by atoms with Crippen LogP contribution in [0.15, 0.2) is 23.1 Å². The van der Waals surface area contributed by atoms with Crippen molar-refractivity contribution in [3.05, 3.63) is 18.2 Å². The summed E-state index contributed by atoms with van der Waals surface area (Å²) in [7, 11) is -3.28. The molecule has 0 spiro atoms. The van der Waals surface area contributed by atoms with Crippen LogP contribution < -0.4 is 10.5 Å². The maximum atomic E-state index is 11.3. The Kier molecular flexibility index (Phi) is 3.00. The van der Waals surface area contributed by atoms with Crippen LogP contribution >= 0.6 is 0 Å². The highest BCUT2D eigenvalue weighted by molar-refractivity contribution is 7.90. The molecule has 0 atom stereocenters. The van der Waals surface area contributed by atoms with Crippen LogP contribution in [0.4, 0.5) is 5.69 Å². The second kappa shape index (κ2) is 3.88. The highest BCUT2D eigenvalue weighted by atomic mass is 32.2. The van der Waals surface area contributed by atoms with E-state index in [4.69, 9.17) is 10.5 Å². The van der Waals surface area contributed by atoms with Gasteiger partial charge in [0.15, 0.2) is 9.84 Å². The predicted molar refractivity (Wildman–Crippen MR) is 55.1 cm³/mol. The molecule has 0 aromatic heterocycles. The average molecular weight is 215 g/mol. The number of sulfone groups is 1. The van der Waals surface area contributed by atoms with Crippen molar-refractivity contribution in [2.75, 3.05) is 18.6 Å². The summed E-state index contributed by atoms with van der Waals surface area (Å²) in [6.45, 7) is 2.27. The van der Waals surface area contributed by atoms with Gasteiger partial charge in [0.25, 0.3) is 0 Å². The molecule has 0 aliphatic carbocycles. The van der Waals surface area contributed by atoms with Crippen molar-refractivity contribution >= 4 is 15.5 Å². The molecule has 0 aliphatic heterocycles. The fourth-order valence-electron chi connectivity index (χ4n) is 1.13. The van der Waals surface area contributed by atoms with E-state index in [0.29, 0.717) is 12.4 Å². The minimum absolute atomic E-state index is 0.114. The number of nitrogen functional groups attached to an aromatic ring is 1. The molecule has 78 valence electrons. The van der Waals surface area contributed by atoms with Crippen LogP contribution in [0, 0.1) is 0 Å². The topological polar surface area (TPSA) is 69.4 Å². The van der Waals surface area contributed by atoms with Gasteiger partial charge >= 0.3 is 0 Å². The number of nitrogens with two attached hydrogens (primary N) is 1. The fraction of sp³-hybridized carbons (Fsp3) is 0.333. The predicted octanol–water partition coefficient (Wildman–Crippen LogP) is 1.07. The molecule has 0 aliphatic rings. The quantitative estimate of drug-likeness (QED) is 0.766. The van der Waals surface area contributed by atoms with E-state index < -0.39 is 9.84 Å². The van der Waals surface area contributed by atoms with Gasteiger partial charge in [-0.05, 0) is 19.1 Å². The van der Waals surface area contributed by atoms with E-state index in [1.54, 1.807) is 12.1 Å². The minimum Gasteiger partial charge on any atom is -0.492 e. The Morgan fingerprint density at radius 1 is 1.43 bits per heavy atom. The zero-order chi connectivity index (χ0) is 10.8. The van der Waals surface area contributed by atoms with Gasteiger partial charge in [-0.25, -0.2) is 8.42 Å². The minimum atomic E-state index is -3.28. The second-order valence-electron chi connectivity index (χ2n) is 2.87. The number of hydrogen-bond acceptors (Lipinski definition) is 4. The van der Waals surface area contributed by atoms with Crippen molar-refractivity contribution in [3.8, 4) is 5.75 Å². The molecule has 14 heavy (non-hydrogen) atoms. The number of anilines is 1. The molecular weight excluding hydrogens is 202 g/mol. The third-order valence-corrected chi connectivity index (χ3v) is 2.88. The summed E-state index contributed by atoms with van der Waals surface area (Å²) < 4.78 is 27.7. The van der Waals surface area contributed by atoms with Gasteiger partial charge in [-0.2, -0.15) is 0 Å². The molecule has 4 nitrogen and oxygen atoms in total. The molecule has 0 unspecified atom stereocenters. The fourth-order valence-corrected chi connectivity index (χ4v) is 1.95. The zero-order valence-electron chi connectivity index (χ0n) is 8.15. The van der Waals surface area contributed by atoms with Crippen LogP contribution in [-0.4, -0.2) is 21.3 Å². The summed E-state index contributed by atoms with van der Waals surface area (Å²) in [6, 6.07) is 4.72. The average Bonchev–Trinajstić information content (AvgIpc) is 2.07. The van der Waals surface area contributed by atoms with Crippen molar-refractivity contribution < 1.29 is 13.2 Å². The smallest absolute Gasteiger partial charge is 0.177 e. The Bertz CT molecular complexity index is 426. The van der Waals surface area contributed by atoms with E-state index >= 15 is 0 Å². The number of para-hydroxylation sites is 1. The normalized spacial score (nSPS) is 11.3. The standard InChI is InChI=1S/C9H13NO3S/c1-3-13-7-5-4-6-8(9(7)10)14(2,11)12/h4-6H,3,10H2,1-2H3.